The summed E-state index contributed by atoms with van der Waals surface area (Å²) in [7, 11) is 0. The summed E-state index contributed by atoms with van der Waals surface area (Å²) in [5.74, 6) is -0.871. The Balaban J connectivity index is 2.56. The lowest BCUT2D eigenvalue weighted by atomic mass is 10.2. The van der Waals surface area contributed by atoms with Gasteiger partial charge in [0.15, 0.2) is 5.78 Å². The van der Waals surface area contributed by atoms with Crippen LogP contribution < -0.4 is 0 Å². The molecule has 0 aliphatic carbocycles. The summed E-state index contributed by atoms with van der Waals surface area (Å²) in [6.45, 7) is 0. The molecule has 1 aliphatic rings. The van der Waals surface area contributed by atoms with E-state index in [1.165, 1.54) is 0 Å². The fraction of sp³-hybridized carbons (Fsp3) is 0.400. The number of hydrogen-bond donors (Lipinski definition) is 1. The van der Waals surface area contributed by atoms with Crippen LogP contribution in [0.4, 0.5) is 0 Å². The van der Waals surface area contributed by atoms with Crippen LogP contribution in [0.15, 0.2) is 4.40 Å². The molecule has 0 bridgehead atoms. The molecule has 10 heavy (non-hydrogen) atoms. The summed E-state index contributed by atoms with van der Waals surface area (Å²) in [6.07, 6.45) is -0.244. The molecule has 0 saturated carbocycles. The van der Waals surface area contributed by atoms with E-state index in [1.54, 1.807) is 0 Å². The topological polar surface area (TPSA) is 66.7 Å². The highest BCUT2D eigenvalue weighted by atomic mass is 32.2. The van der Waals surface area contributed by atoms with Crippen molar-refractivity contribution in [2.75, 3.05) is 5.75 Å². The molecule has 1 rings (SSSR count). The minimum atomic E-state index is -1.01. The summed E-state index contributed by atoms with van der Waals surface area (Å²) < 4.78 is 3.66. The highest BCUT2D eigenvalue weighted by Gasteiger charge is 2.19. The third-order valence-electron chi connectivity index (χ3n) is 1.01. The van der Waals surface area contributed by atoms with Crippen molar-refractivity contribution in [2.24, 2.45) is 4.40 Å². The van der Waals surface area contributed by atoms with E-state index in [-0.39, 0.29) is 17.9 Å². The van der Waals surface area contributed by atoms with Crippen LogP contribution in [0, 0.1) is 0 Å². The van der Waals surface area contributed by atoms with Gasteiger partial charge in [0.05, 0.1) is 12.2 Å². The van der Waals surface area contributed by atoms with Crippen molar-refractivity contribution in [3.63, 3.8) is 0 Å². The molecule has 0 fully saturated rings. The van der Waals surface area contributed by atoms with Crippen LogP contribution in [0.3, 0.4) is 0 Å². The first-order chi connectivity index (χ1) is 4.70. The van der Waals surface area contributed by atoms with Gasteiger partial charge in [-0.05, 0) is 11.9 Å². The van der Waals surface area contributed by atoms with E-state index in [1.807, 2.05) is 0 Å². The molecule has 1 heterocycles. The predicted molar refractivity (Wildman–Crippen MR) is 37.2 cm³/mol. The molecule has 0 unspecified atom stereocenters. The fourth-order valence-electron chi connectivity index (χ4n) is 0.577. The first-order valence-electron chi connectivity index (χ1n) is 2.64. The maximum Gasteiger partial charge on any atom is 0.309 e. The lowest BCUT2D eigenvalue weighted by Gasteiger charge is -1.88. The number of rotatable bonds is 2. The Morgan fingerprint density at radius 3 is 2.90 bits per heavy atom. The van der Waals surface area contributed by atoms with Crippen molar-refractivity contribution in [2.45, 2.75) is 6.42 Å². The average molecular weight is 159 g/mol. The maximum atomic E-state index is 10.7. The van der Waals surface area contributed by atoms with Gasteiger partial charge < -0.3 is 5.11 Å². The molecular formula is C5H5NO3S. The van der Waals surface area contributed by atoms with E-state index < -0.39 is 5.97 Å². The van der Waals surface area contributed by atoms with Gasteiger partial charge in [-0.1, -0.05) is 0 Å². The zero-order valence-corrected chi connectivity index (χ0v) is 5.85. The van der Waals surface area contributed by atoms with Gasteiger partial charge in [-0.2, -0.15) is 0 Å². The smallest absolute Gasteiger partial charge is 0.309 e. The Labute approximate surface area is 61.5 Å². The monoisotopic (exact) mass is 159 g/mol. The van der Waals surface area contributed by atoms with E-state index in [0.29, 0.717) is 5.75 Å². The van der Waals surface area contributed by atoms with Gasteiger partial charge in [0, 0.05) is 0 Å². The van der Waals surface area contributed by atoms with E-state index in [4.69, 9.17) is 5.11 Å². The Kier molecular flexibility index (Phi) is 2.06. The highest BCUT2D eigenvalue weighted by molar-refractivity contribution is 7.99. The van der Waals surface area contributed by atoms with Crippen molar-refractivity contribution in [1.82, 2.24) is 0 Å². The van der Waals surface area contributed by atoms with Gasteiger partial charge in [0.25, 0.3) is 0 Å². The van der Waals surface area contributed by atoms with Crippen molar-refractivity contribution in [1.29, 1.82) is 0 Å². The van der Waals surface area contributed by atoms with Gasteiger partial charge in [-0.25, -0.2) is 4.40 Å². The molecule has 0 aromatic heterocycles. The summed E-state index contributed by atoms with van der Waals surface area (Å²) in [6, 6.07) is 0. The van der Waals surface area contributed by atoms with Gasteiger partial charge in [0.1, 0.15) is 5.71 Å². The minimum Gasteiger partial charge on any atom is -0.481 e. The quantitative estimate of drug-likeness (QED) is 0.581. The number of aliphatic carboxylic acids is 1. The highest BCUT2D eigenvalue weighted by Crippen LogP contribution is 2.13. The molecule has 0 amide bonds. The Hall–Kier alpha value is -0.840. The minimum absolute atomic E-state index is 0.160. The van der Waals surface area contributed by atoms with Crippen LogP contribution in [0.5, 0.6) is 0 Å². The third-order valence-corrected chi connectivity index (χ3v) is 1.75. The zero-order chi connectivity index (χ0) is 7.56. The van der Waals surface area contributed by atoms with Gasteiger partial charge >= 0.3 is 5.97 Å². The molecule has 1 aliphatic heterocycles. The van der Waals surface area contributed by atoms with Crippen molar-refractivity contribution < 1.29 is 14.7 Å². The molecule has 0 saturated heterocycles. The number of carboxylic acid groups (broad SMARTS) is 1. The Morgan fingerprint density at radius 1 is 1.80 bits per heavy atom. The lowest BCUT2D eigenvalue weighted by Crippen LogP contribution is -2.15. The summed E-state index contributed by atoms with van der Waals surface area (Å²) in [5, 5.41) is 8.25. The lowest BCUT2D eigenvalue weighted by molar-refractivity contribution is -0.135. The van der Waals surface area contributed by atoms with Crippen LogP contribution in [0.1, 0.15) is 6.42 Å². The number of carbonyl (C=O) groups is 2. The maximum absolute atomic E-state index is 10.7. The van der Waals surface area contributed by atoms with Crippen LogP contribution in [-0.2, 0) is 9.59 Å². The van der Waals surface area contributed by atoms with E-state index in [0.717, 1.165) is 11.9 Å². The first kappa shape index (κ1) is 7.27. The molecule has 0 aromatic rings. The second-order valence-corrected chi connectivity index (χ2v) is 2.53. The molecule has 5 heteroatoms. The molecule has 0 spiro atoms. The summed E-state index contributed by atoms with van der Waals surface area (Å²) in [5.41, 5.74) is 0.178. The van der Waals surface area contributed by atoms with Gasteiger partial charge in [0.2, 0.25) is 0 Å². The van der Waals surface area contributed by atoms with Crippen molar-refractivity contribution in [3.05, 3.63) is 0 Å². The molecule has 54 valence electrons. The summed E-state index contributed by atoms with van der Waals surface area (Å²) >= 11 is 1.11. The molecule has 4 nitrogen and oxygen atoms in total. The fourth-order valence-corrected chi connectivity index (χ4v) is 1.25. The van der Waals surface area contributed by atoms with E-state index in [2.05, 4.69) is 4.40 Å². The van der Waals surface area contributed by atoms with Crippen molar-refractivity contribution >= 4 is 29.4 Å². The average Bonchev–Trinajstić information content (AvgIpc) is 2.15. The zero-order valence-electron chi connectivity index (χ0n) is 5.03. The SMILES string of the molecule is O=C(O)CC1=NSCC1=O. The second kappa shape index (κ2) is 2.83. The molecule has 0 aromatic carbocycles. The first-order valence-corrected chi connectivity index (χ1v) is 3.58. The largest absolute Gasteiger partial charge is 0.481 e. The van der Waals surface area contributed by atoms with Gasteiger partial charge in [-0.15, -0.1) is 0 Å². The van der Waals surface area contributed by atoms with Gasteiger partial charge in [-0.3, -0.25) is 9.59 Å². The van der Waals surface area contributed by atoms with E-state index >= 15 is 0 Å². The molecule has 0 radical (unpaired) electrons. The number of nitrogens with zero attached hydrogens (tertiary/aromatic N) is 1. The number of Topliss-reactive ketones (excluding diaryl/α,β-unsaturated/α-hetero) is 1. The van der Waals surface area contributed by atoms with Crippen LogP contribution in [-0.4, -0.2) is 28.3 Å². The van der Waals surface area contributed by atoms with Crippen LogP contribution in [0.25, 0.3) is 0 Å². The molecular weight excluding hydrogens is 154 g/mol. The molecule has 1 N–H and O–H groups in total. The third kappa shape index (κ3) is 1.57. The molecule has 0 atom stereocenters. The normalized spacial score (nSPS) is 17.2. The number of hydrogen-bond acceptors (Lipinski definition) is 4. The van der Waals surface area contributed by atoms with E-state index in [9.17, 15) is 9.59 Å². The predicted octanol–water partition coefficient (Wildman–Crippen LogP) is 0.133. The number of carbonyl (C=O) groups excluding carboxylic acids is 1. The van der Waals surface area contributed by atoms with Crippen LogP contribution in [0.2, 0.25) is 0 Å². The Bertz CT molecular complexity index is 211. The number of ketones is 1. The standard InChI is InChI=1S/C5H5NO3S/c7-4-2-10-6-3(4)1-5(8)9/h1-2H2,(H,8,9). The summed E-state index contributed by atoms with van der Waals surface area (Å²) in [4.78, 5) is 20.8. The van der Waals surface area contributed by atoms with Crippen LogP contribution >= 0.6 is 11.9 Å². The second-order valence-electron chi connectivity index (χ2n) is 1.81. The number of carboxylic acids is 1. The van der Waals surface area contributed by atoms with Crippen molar-refractivity contribution in [3.8, 4) is 0 Å². The Morgan fingerprint density at radius 2 is 2.50 bits per heavy atom.